The van der Waals surface area contributed by atoms with E-state index in [0.717, 1.165) is 38.2 Å². The summed E-state index contributed by atoms with van der Waals surface area (Å²) in [6.07, 6.45) is -2.93. The SMILES string of the molecule is CCN1C(=O)[C@@H](NC(=O)c2cccc(C(F)(F)F)c2)[C@@H](c2ccc(F)cc2)c2c(C(=O)N3CCC[C@H]3C#N)nn(-c3cccc(OCCCN4CCOCC4)c3)c21. The molecule has 298 valence electrons. The molecule has 2 fully saturated rings. The number of hydrogen-bond acceptors (Lipinski definition) is 8. The molecular weight excluding hydrogens is 746 g/mol. The van der Waals surface area contributed by atoms with Crippen molar-refractivity contribution in [1.29, 1.82) is 5.26 Å². The number of benzene rings is 3. The lowest BCUT2D eigenvalue weighted by molar-refractivity contribution is -0.137. The van der Waals surface area contributed by atoms with Gasteiger partial charge in [0, 0.05) is 55.8 Å². The second-order valence-corrected chi connectivity index (χ2v) is 14.1. The zero-order valence-electron chi connectivity index (χ0n) is 31.2. The number of anilines is 1. The van der Waals surface area contributed by atoms with Crippen molar-refractivity contribution in [3.63, 3.8) is 0 Å². The van der Waals surface area contributed by atoms with Crippen LogP contribution in [0.15, 0.2) is 72.8 Å². The van der Waals surface area contributed by atoms with Crippen LogP contribution in [0.25, 0.3) is 5.69 Å². The minimum Gasteiger partial charge on any atom is -0.493 e. The van der Waals surface area contributed by atoms with Crippen LogP contribution in [0.5, 0.6) is 5.75 Å². The number of carbonyl (C=O) groups is 3. The summed E-state index contributed by atoms with van der Waals surface area (Å²) in [5, 5.41) is 17.4. The Hall–Kier alpha value is -5.79. The standard InChI is InChI=1S/C41H41F4N7O5/c1-2-50-38-34(33(26-12-14-29(42)15-13-26)35(39(50)54)47-37(53)27-7-3-8-28(23-27)41(43,44)45)36(40(55)51-17-5-10-31(51)25-46)48-52(38)30-9-4-11-32(24-30)57-20-6-16-49-18-21-56-22-19-49/h3-4,7-9,11-15,23-24,31,33,35H,2,5-6,10,16-22H2,1H3,(H,47,53)/t31-,33-,35-/m0/s1. The van der Waals surface area contributed by atoms with Gasteiger partial charge in [-0.15, -0.1) is 0 Å². The van der Waals surface area contributed by atoms with Crippen molar-refractivity contribution in [3.05, 3.63) is 107 Å². The summed E-state index contributed by atoms with van der Waals surface area (Å²) >= 11 is 0. The third-order valence-corrected chi connectivity index (χ3v) is 10.5. The number of rotatable bonds is 11. The van der Waals surface area contributed by atoms with E-state index < -0.39 is 53.3 Å². The number of likely N-dealkylation sites (N-methyl/N-ethyl adjacent to an activating group) is 1. The third kappa shape index (κ3) is 8.21. The van der Waals surface area contributed by atoms with Crippen molar-refractivity contribution >= 4 is 23.5 Å². The van der Waals surface area contributed by atoms with Crippen LogP contribution in [-0.4, -0.2) is 102 Å². The quantitative estimate of drug-likeness (QED) is 0.155. The van der Waals surface area contributed by atoms with Gasteiger partial charge in [-0.3, -0.25) is 24.2 Å². The molecule has 3 atom stereocenters. The summed E-state index contributed by atoms with van der Waals surface area (Å²) in [5.74, 6) is -3.20. The van der Waals surface area contributed by atoms with E-state index in [9.17, 15) is 37.2 Å². The summed E-state index contributed by atoms with van der Waals surface area (Å²) in [7, 11) is 0. The molecule has 0 unspecified atom stereocenters. The summed E-state index contributed by atoms with van der Waals surface area (Å²) < 4.78 is 68.4. The zero-order chi connectivity index (χ0) is 40.3. The first-order chi connectivity index (χ1) is 27.5. The van der Waals surface area contributed by atoms with E-state index in [0.29, 0.717) is 55.7 Å². The number of hydrogen-bond donors (Lipinski definition) is 1. The fourth-order valence-corrected chi connectivity index (χ4v) is 7.72. The van der Waals surface area contributed by atoms with Gasteiger partial charge in [-0.25, -0.2) is 9.07 Å². The first-order valence-corrected chi connectivity index (χ1v) is 18.9. The van der Waals surface area contributed by atoms with Crippen LogP contribution in [0.2, 0.25) is 0 Å². The Balaban J connectivity index is 1.33. The fraction of sp³-hybridized carbons (Fsp3) is 0.390. The normalized spacial score (nSPS) is 19.9. The summed E-state index contributed by atoms with van der Waals surface area (Å²) in [4.78, 5) is 48.2. The number of fused-ring (bicyclic) bond motifs is 1. The minimum absolute atomic E-state index is 0.0412. The van der Waals surface area contributed by atoms with Crippen LogP contribution in [0.1, 0.15) is 69.6 Å². The molecule has 0 spiro atoms. The molecule has 4 heterocycles. The molecule has 0 saturated carbocycles. The number of alkyl halides is 3. The number of morpholine rings is 1. The molecule has 1 aromatic heterocycles. The van der Waals surface area contributed by atoms with Crippen molar-refractivity contribution in [2.24, 2.45) is 0 Å². The number of ether oxygens (including phenoxy) is 2. The first-order valence-electron chi connectivity index (χ1n) is 18.9. The second kappa shape index (κ2) is 16.7. The molecule has 3 aliphatic rings. The maximum absolute atomic E-state index is 14.7. The van der Waals surface area contributed by atoms with Crippen LogP contribution in [0.4, 0.5) is 23.4 Å². The van der Waals surface area contributed by atoms with Crippen molar-refractivity contribution in [1.82, 2.24) is 24.9 Å². The van der Waals surface area contributed by atoms with Gasteiger partial charge in [0.15, 0.2) is 5.69 Å². The van der Waals surface area contributed by atoms with Crippen molar-refractivity contribution in [2.75, 3.05) is 57.4 Å². The number of nitriles is 1. The number of likely N-dealkylation sites (tertiary alicyclic amines) is 1. The van der Waals surface area contributed by atoms with Gasteiger partial charge in [0.25, 0.3) is 17.7 Å². The van der Waals surface area contributed by atoms with E-state index in [1.54, 1.807) is 31.2 Å². The number of aromatic nitrogens is 2. The van der Waals surface area contributed by atoms with Gasteiger partial charge in [-0.2, -0.15) is 23.5 Å². The van der Waals surface area contributed by atoms with Crippen LogP contribution < -0.4 is 15.0 Å². The maximum Gasteiger partial charge on any atom is 0.416 e. The molecule has 0 radical (unpaired) electrons. The number of carbonyl (C=O) groups excluding carboxylic acids is 3. The van der Waals surface area contributed by atoms with E-state index in [4.69, 9.17) is 14.6 Å². The molecular formula is C41H41F4N7O5. The molecule has 1 N–H and O–H groups in total. The molecule has 2 saturated heterocycles. The van der Waals surface area contributed by atoms with Crippen molar-refractivity contribution in [2.45, 2.75) is 50.4 Å². The van der Waals surface area contributed by atoms with Gasteiger partial charge in [-0.05, 0) is 74.2 Å². The summed E-state index contributed by atoms with van der Waals surface area (Å²) in [6.45, 7) is 6.38. The second-order valence-electron chi connectivity index (χ2n) is 14.1. The molecule has 3 amide bonds. The minimum atomic E-state index is -4.73. The largest absolute Gasteiger partial charge is 0.493 e. The van der Waals surface area contributed by atoms with Crippen molar-refractivity contribution in [3.8, 4) is 17.5 Å². The Morgan fingerprint density at radius 1 is 1.04 bits per heavy atom. The zero-order valence-corrected chi connectivity index (χ0v) is 31.2. The Morgan fingerprint density at radius 3 is 2.51 bits per heavy atom. The monoisotopic (exact) mass is 787 g/mol. The van der Waals surface area contributed by atoms with E-state index in [-0.39, 0.29) is 35.7 Å². The average molecular weight is 788 g/mol. The molecule has 7 rings (SSSR count). The Bertz CT molecular complexity index is 2160. The van der Waals surface area contributed by atoms with Crippen LogP contribution in [-0.2, 0) is 15.7 Å². The van der Waals surface area contributed by atoms with E-state index >= 15 is 0 Å². The van der Waals surface area contributed by atoms with Crippen molar-refractivity contribution < 1.29 is 41.4 Å². The highest BCUT2D eigenvalue weighted by Crippen LogP contribution is 2.45. The van der Waals surface area contributed by atoms with Gasteiger partial charge in [0.1, 0.15) is 29.5 Å². The topological polar surface area (TPSA) is 133 Å². The Morgan fingerprint density at radius 2 is 1.79 bits per heavy atom. The van der Waals surface area contributed by atoms with E-state index in [1.807, 2.05) is 0 Å². The van der Waals surface area contributed by atoms with E-state index in [2.05, 4.69) is 16.3 Å². The smallest absolute Gasteiger partial charge is 0.416 e. The molecule has 0 aliphatic carbocycles. The highest BCUT2D eigenvalue weighted by Gasteiger charge is 2.48. The highest BCUT2D eigenvalue weighted by molar-refractivity contribution is 6.07. The lowest BCUT2D eigenvalue weighted by Gasteiger charge is -2.38. The molecule has 3 aromatic carbocycles. The number of halogens is 4. The molecule has 4 aromatic rings. The van der Waals surface area contributed by atoms with Gasteiger partial charge < -0.3 is 19.7 Å². The van der Waals surface area contributed by atoms with Crippen LogP contribution >= 0.6 is 0 Å². The summed E-state index contributed by atoms with van der Waals surface area (Å²) in [5.41, 5.74) is -0.477. The third-order valence-electron chi connectivity index (χ3n) is 10.5. The van der Waals surface area contributed by atoms with E-state index in [1.165, 1.54) is 44.8 Å². The number of nitrogens with zero attached hydrogens (tertiary/aromatic N) is 6. The lowest BCUT2D eigenvalue weighted by Crippen LogP contribution is -2.55. The molecule has 57 heavy (non-hydrogen) atoms. The number of amides is 3. The molecule has 12 nitrogen and oxygen atoms in total. The Kier molecular flexibility index (Phi) is 11.6. The van der Waals surface area contributed by atoms with Crippen LogP contribution in [0.3, 0.4) is 0 Å². The predicted octanol–water partition coefficient (Wildman–Crippen LogP) is 5.56. The number of nitrogens with one attached hydrogen (secondary N) is 1. The predicted molar refractivity (Wildman–Crippen MR) is 200 cm³/mol. The maximum atomic E-state index is 14.7. The molecule has 3 aliphatic heterocycles. The van der Waals surface area contributed by atoms with Crippen LogP contribution in [0, 0.1) is 17.1 Å². The molecule has 16 heteroatoms. The lowest BCUT2D eigenvalue weighted by atomic mass is 9.80. The van der Waals surface area contributed by atoms with Gasteiger partial charge >= 0.3 is 6.18 Å². The Labute approximate surface area is 326 Å². The molecule has 0 bridgehead atoms. The van der Waals surface area contributed by atoms with Gasteiger partial charge in [-0.1, -0.05) is 24.3 Å². The highest BCUT2D eigenvalue weighted by atomic mass is 19.4. The first kappa shape index (κ1) is 39.4. The van der Waals surface area contributed by atoms with Gasteiger partial charge in [0.05, 0.1) is 37.1 Å². The van der Waals surface area contributed by atoms with Gasteiger partial charge in [0.2, 0.25) is 0 Å². The fourth-order valence-electron chi connectivity index (χ4n) is 7.72. The average Bonchev–Trinajstić information content (AvgIpc) is 3.86. The summed E-state index contributed by atoms with van der Waals surface area (Å²) in [6, 6.07) is 16.0.